The van der Waals surface area contributed by atoms with E-state index in [9.17, 15) is 4.79 Å². The lowest BCUT2D eigenvalue weighted by Crippen LogP contribution is -2.58. The van der Waals surface area contributed by atoms with Crippen molar-refractivity contribution < 1.29 is 4.79 Å². The molecule has 0 bridgehead atoms. The van der Waals surface area contributed by atoms with Crippen LogP contribution in [0.3, 0.4) is 0 Å². The Hall–Kier alpha value is -0.380. The minimum absolute atomic E-state index is 0.00693. The maximum absolute atomic E-state index is 11.6. The van der Waals surface area contributed by atoms with Gasteiger partial charge in [-0.15, -0.1) is 0 Å². The second-order valence-electron chi connectivity index (χ2n) is 6.59. The van der Waals surface area contributed by atoms with Crippen molar-refractivity contribution in [1.29, 1.82) is 0 Å². The molecule has 3 atom stereocenters. The Morgan fingerprint density at radius 3 is 2.72 bits per heavy atom. The van der Waals surface area contributed by atoms with Crippen molar-refractivity contribution >= 4 is 17.8 Å². The number of carbonyl (C=O) groups excluding carboxylic acids is 1. The SMILES string of the molecule is CC(C)CCCC[C@@H]1SC[C@]2(C)NC(=O)N[C@]12C. The van der Waals surface area contributed by atoms with Crippen LogP contribution in [0.4, 0.5) is 4.79 Å². The van der Waals surface area contributed by atoms with Gasteiger partial charge in [0, 0.05) is 11.0 Å². The summed E-state index contributed by atoms with van der Waals surface area (Å²) < 4.78 is 0. The maximum Gasteiger partial charge on any atom is 0.315 e. The van der Waals surface area contributed by atoms with Crippen molar-refractivity contribution in [3.8, 4) is 0 Å². The van der Waals surface area contributed by atoms with Crippen LogP contribution >= 0.6 is 11.8 Å². The summed E-state index contributed by atoms with van der Waals surface area (Å²) in [6, 6.07) is 0.00693. The summed E-state index contributed by atoms with van der Waals surface area (Å²) in [4.78, 5) is 11.6. The van der Waals surface area contributed by atoms with E-state index in [-0.39, 0.29) is 17.1 Å². The zero-order valence-electron chi connectivity index (χ0n) is 12.0. The van der Waals surface area contributed by atoms with E-state index in [2.05, 4.69) is 38.3 Å². The third kappa shape index (κ3) is 2.36. The Balaban J connectivity index is 1.89. The van der Waals surface area contributed by atoms with Crippen LogP contribution in [0.15, 0.2) is 0 Å². The number of carbonyl (C=O) groups is 1. The highest BCUT2D eigenvalue weighted by molar-refractivity contribution is 8.00. The van der Waals surface area contributed by atoms with Crippen LogP contribution in [0.1, 0.15) is 53.4 Å². The summed E-state index contributed by atoms with van der Waals surface area (Å²) in [5.74, 6) is 1.83. The summed E-state index contributed by atoms with van der Waals surface area (Å²) in [7, 11) is 0. The van der Waals surface area contributed by atoms with Crippen molar-refractivity contribution in [3.63, 3.8) is 0 Å². The normalized spacial score (nSPS) is 38.7. The van der Waals surface area contributed by atoms with E-state index >= 15 is 0 Å². The van der Waals surface area contributed by atoms with Crippen LogP contribution in [0.25, 0.3) is 0 Å². The first-order valence-electron chi connectivity index (χ1n) is 7.09. The third-order valence-corrected chi connectivity index (χ3v) is 6.48. The van der Waals surface area contributed by atoms with Gasteiger partial charge in [0.15, 0.2) is 0 Å². The van der Waals surface area contributed by atoms with Gasteiger partial charge in [-0.05, 0) is 26.2 Å². The molecular formula is C14H26N2OS. The molecule has 0 aromatic heterocycles. The molecule has 2 aliphatic heterocycles. The molecule has 104 valence electrons. The zero-order chi connectivity index (χ0) is 13.4. The van der Waals surface area contributed by atoms with Crippen LogP contribution in [0.2, 0.25) is 0 Å². The molecule has 0 unspecified atom stereocenters. The van der Waals surface area contributed by atoms with E-state index < -0.39 is 0 Å². The van der Waals surface area contributed by atoms with Gasteiger partial charge in [-0.2, -0.15) is 11.8 Å². The Morgan fingerprint density at radius 2 is 2.06 bits per heavy atom. The molecule has 0 spiro atoms. The van der Waals surface area contributed by atoms with E-state index in [0.29, 0.717) is 5.25 Å². The molecule has 2 amide bonds. The molecule has 0 aromatic rings. The average Bonchev–Trinajstić information content (AvgIpc) is 2.60. The maximum atomic E-state index is 11.6. The molecule has 3 nitrogen and oxygen atoms in total. The van der Waals surface area contributed by atoms with Gasteiger partial charge in [0.05, 0.1) is 11.1 Å². The Labute approximate surface area is 115 Å². The van der Waals surface area contributed by atoms with Gasteiger partial charge in [0.2, 0.25) is 0 Å². The minimum Gasteiger partial charge on any atom is -0.330 e. The molecule has 2 fully saturated rings. The van der Waals surface area contributed by atoms with Crippen molar-refractivity contribution in [3.05, 3.63) is 0 Å². The van der Waals surface area contributed by atoms with Crippen LogP contribution in [0.5, 0.6) is 0 Å². The molecule has 2 rings (SSSR count). The van der Waals surface area contributed by atoms with Gasteiger partial charge < -0.3 is 10.6 Å². The molecule has 4 heteroatoms. The fraction of sp³-hybridized carbons (Fsp3) is 0.929. The average molecular weight is 270 g/mol. The Kier molecular flexibility index (Phi) is 3.86. The van der Waals surface area contributed by atoms with Gasteiger partial charge in [-0.3, -0.25) is 0 Å². The van der Waals surface area contributed by atoms with E-state index in [1.54, 1.807) is 0 Å². The standard InChI is InChI=1S/C14H26N2OS/c1-10(2)7-5-6-8-11-14(4)13(3,9-18-11)15-12(17)16-14/h10-11H,5-9H2,1-4H3,(H2,15,16,17)/t11-,13-,14+/m0/s1. The molecule has 2 saturated heterocycles. The fourth-order valence-corrected chi connectivity index (χ4v) is 4.99. The summed E-state index contributed by atoms with van der Waals surface area (Å²) in [6.45, 7) is 8.94. The highest BCUT2D eigenvalue weighted by atomic mass is 32.2. The zero-order valence-corrected chi connectivity index (χ0v) is 12.8. The van der Waals surface area contributed by atoms with Gasteiger partial charge in [-0.25, -0.2) is 4.79 Å². The number of hydrogen-bond donors (Lipinski definition) is 2. The van der Waals surface area contributed by atoms with Crippen molar-refractivity contribution in [2.75, 3.05) is 5.75 Å². The first kappa shape index (κ1) is 14.0. The number of urea groups is 1. The Bertz CT molecular complexity index is 334. The van der Waals surface area contributed by atoms with Gasteiger partial charge in [0.25, 0.3) is 0 Å². The molecule has 2 heterocycles. The van der Waals surface area contributed by atoms with Crippen LogP contribution in [0, 0.1) is 5.92 Å². The number of amides is 2. The predicted molar refractivity (Wildman–Crippen MR) is 78.0 cm³/mol. The quantitative estimate of drug-likeness (QED) is 0.595. The first-order valence-corrected chi connectivity index (χ1v) is 8.14. The lowest BCUT2D eigenvalue weighted by atomic mass is 9.78. The predicted octanol–water partition coefficient (Wildman–Crippen LogP) is 3.15. The molecule has 0 aliphatic carbocycles. The topological polar surface area (TPSA) is 41.1 Å². The molecule has 0 saturated carbocycles. The number of nitrogens with one attached hydrogen (secondary N) is 2. The summed E-state index contributed by atoms with van der Waals surface area (Å²) in [6.07, 6.45) is 5.11. The number of hydrogen-bond acceptors (Lipinski definition) is 2. The second kappa shape index (κ2) is 4.95. The highest BCUT2D eigenvalue weighted by Gasteiger charge is 2.60. The smallest absolute Gasteiger partial charge is 0.315 e. The molecule has 18 heavy (non-hydrogen) atoms. The fourth-order valence-electron chi connectivity index (χ4n) is 3.10. The number of thioether (sulfide) groups is 1. The van der Waals surface area contributed by atoms with Gasteiger partial charge >= 0.3 is 6.03 Å². The van der Waals surface area contributed by atoms with Crippen molar-refractivity contribution in [1.82, 2.24) is 10.6 Å². The lowest BCUT2D eigenvalue weighted by molar-refractivity contribution is 0.244. The van der Waals surface area contributed by atoms with Crippen LogP contribution in [-0.4, -0.2) is 28.1 Å². The van der Waals surface area contributed by atoms with Gasteiger partial charge in [0.1, 0.15) is 0 Å². The summed E-state index contributed by atoms with van der Waals surface area (Å²) >= 11 is 2.02. The molecule has 2 aliphatic rings. The molecule has 2 N–H and O–H groups in total. The van der Waals surface area contributed by atoms with E-state index in [1.807, 2.05) is 11.8 Å². The van der Waals surface area contributed by atoms with E-state index in [0.717, 1.165) is 11.7 Å². The monoisotopic (exact) mass is 270 g/mol. The van der Waals surface area contributed by atoms with Crippen molar-refractivity contribution in [2.24, 2.45) is 5.92 Å². The third-order valence-electron chi connectivity index (χ3n) is 4.62. The van der Waals surface area contributed by atoms with E-state index in [4.69, 9.17) is 0 Å². The first-order chi connectivity index (χ1) is 8.37. The minimum atomic E-state index is -0.0768. The number of unbranched alkanes of at least 4 members (excludes halogenated alkanes) is 1. The Morgan fingerprint density at radius 1 is 1.33 bits per heavy atom. The summed E-state index contributed by atoms with van der Waals surface area (Å²) in [5.41, 5.74) is -0.149. The number of rotatable bonds is 5. The van der Waals surface area contributed by atoms with Crippen LogP contribution in [-0.2, 0) is 0 Å². The largest absolute Gasteiger partial charge is 0.330 e. The lowest BCUT2D eigenvalue weighted by Gasteiger charge is -2.35. The second-order valence-corrected chi connectivity index (χ2v) is 7.78. The summed E-state index contributed by atoms with van der Waals surface area (Å²) in [5, 5.41) is 6.81. The van der Waals surface area contributed by atoms with Crippen LogP contribution < -0.4 is 10.6 Å². The molecule has 0 radical (unpaired) electrons. The number of fused-ring (bicyclic) bond motifs is 1. The molecule has 0 aromatic carbocycles. The van der Waals surface area contributed by atoms with Crippen molar-refractivity contribution in [2.45, 2.75) is 69.7 Å². The van der Waals surface area contributed by atoms with Gasteiger partial charge in [-0.1, -0.05) is 33.1 Å². The molecular weight excluding hydrogens is 244 g/mol. The van der Waals surface area contributed by atoms with E-state index in [1.165, 1.54) is 25.7 Å². The highest BCUT2D eigenvalue weighted by Crippen LogP contribution is 2.47.